The average molecular weight is 286 g/mol. The molecule has 0 unspecified atom stereocenters. The second kappa shape index (κ2) is 5.11. The lowest BCUT2D eigenvalue weighted by atomic mass is 9.79. The van der Waals surface area contributed by atoms with Crippen LogP contribution in [0.1, 0.15) is 5.56 Å². The van der Waals surface area contributed by atoms with Gasteiger partial charge in [-0.3, -0.25) is 0 Å². The highest BCUT2D eigenvalue weighted by atomic mass is 17.0. The molecule has 20 heavy (non-hydrogen) atoms. The van der Waals surface area contributed by atoms with Crippen LogP contribution < -0.4 is 5.46 Å². The Balaban J connectivity index is 1.83. The first-order valence-corrected chi connectivity index (χ1v) is 6.57. The van der Waals surface area contributed by atoms with E-state index in [0.29, 0.717) is 0 Å². The summed E-state index contributed by atoms with van der Waals surface area (Å²) in [6.07, 6.45) is -2.68. The van der Waals surface area contributed by atoms with E-state index in [1.54, 1.807) is 0 Å². The summed E-state index contributed by atoms with van der Waals surface area (Å²) < 4.78 is 16.8. The summed E-state index contributed by atoms with van der Waals surface area (Å²) in [4.78, 5) is 0. The predicted octanol–water partition coefficient (Wildman–Crippen LogP) is -1.45. The molecule has 2 aliphatic heterocycles. The molecular weight excluding hydrogens is 269 g/mol. The third-order valence-electron chi connectivity index (χ3n) is 3.80. The van der Waals surface area contributed by atoms with E-state index in [1.807, 2.05) is 31.2 Å². The molecule has 108 valence electrons. The fraction of sp³-hybridized carbons (Fsp3) is 0.538. The minimum atomic E-state index is -1.41. The first-order valence-electron chi connectivity index (χ1n) is 6.57. The molecule has 3 N–H and O–H groups in total. The molecule has 2 aliphatic rings. The van der Waals surface area contributed by atoms with Crippen molar-refractivity contribution in [2.75, 3.05) is 13.2 Å². The van der Waals surface area contributed by atoms with Crippen LogP contribution in [0.5, 0.6) is 0 Å². The Morgan fingerprint density at radius 3 is 2.50 bits per heavy atom. The Morgan fingerprint density at radius 1 is 1.25 bits per heavy atom. The van der Waals surface area contributed by atoms with E-state index < -0.39 is 37.8 Å². The molecule has 1 aromatic rings. The van der Waals surface area contributed by atoms with Gasteiger partial charge in [-0.2, -0.15) is 0 Å². The molecule has 6 nitrogen and oxygen atoms in total. The lowest BCUT2D eigenvalue weighted by molar-refractivity contribution is -0.202. The van der Waals surface area contributed by atoms with Crippen molar-refractivity contribution in [3.63, 3.8) is 0 Å². The summed E-state index contributed by atoms with van der Waals surface area (Å²) in [6, 6.07) is 7.58. The number of fused-ring (bicyclic) bond motifs is 1. The van der Waals surface area contributed by atoms with Crippen molar-refractivity contribution in [3.8, 4) is 0 Å². The molecule has 0 aliphatic carbocycles. The first kappa shape index (κ1) is 14.0. The Bertz CT molecular complexity index is 480. The van der Waals surface area contributed by atoms with Crippen molar-refractivity contribution in [2.45, 2.75) is 31.0 Å². The Hall–Kier alpha value is -0.955. The number of aliphatic hydroxyl groups is 3. The highest BCUT2D eigenvalue weighted by molar-refractivity contribution is 6.62. The molecule has 0 aromatic heterocycles. The number of benzene rings is 1. The maximum absolute atomic E-state index is 10.1. The van der Waals surface area contributed by atoms with Gasteiger partial charge in [-0.15, -0.1) is 0 Å². The van der Waals surface area contributed by atoms with Crippen molar-refractivity contribution in [2.24, 2.45) is 0 Å². The van der Waals surface area contributed by atoms with Crippen LogP contribution in [0.2, 0.25) is 0 Å². The zero-order chi connectivity index (χ0) is 14.3. The van der Waals surface area contributed by atoms with E-state index in [4.69, 9.17) is 19.2 Å². The molecule has 0 amide bonds. The third kappa shape index (κ3) is 2.07. The molecule has 0 radical (unpaired) electrons. The Kier molecular flexibility index (Phi) is 3.57. The van der Waals surface area contributed by atoms with Gasteiger partial charge < -0.3 is 29.4 Å². The highest BCUT2D eigenvalue weighted by Crippen LogP contribution is 2.39. The largest absolute Gasteiger partial charge is 0.496 e. The van der Waals surface area contributed by atoms with Crippen molar-refractivity contribution < 1.29 is 29.4 Å². The first-order chi connectivity index (χ1) is 9.59. The number of aryl methyl sites for hydroxylation is 1. The van der Waals surface area contributed by atoms with Gasteiger partial charge in [-0.1, -0.05) is 29.8 Å². The van der Waals surface area contributed by atoms with Crippen LogP contribution >= 0.6 is 0 Å². The molecule has 0 saturated carbocycles. The van der Waals surface area contributed by atoms with Crippen LogP contribution in [-0.4, -0.2) is 59.8 Å². The summed E-state index contributed by atoms with van der Waals surface area (Å²) >= 11 is 0. The predicted molar refractivity (Wildman–Crippen MR) is 70.3 cm³/mol. The van der Waals surface area contributed by atoms with E-state index >= 15 is 0 Å². The van der Waals surface area contributed by atoms with E-state index in [2.05, 4.69) is 0 Å². The summed E-state index contributed by atoms with van der Waals surface area (Å²) in [5.41, 5.74) is 1.90. The number of hydrogen-bond acceptors (Lipinski definition) is 6. The molecule has 1 aromatic carbocycles. The van der Waals surface area contributed by atoms with Crippen molar-refractivity contribution in [3.05, 3.63) is 29.8 Å². The van der Waals surface area contributed by atoms with Gasteiger partial charge in [0.2, 0.25) is 5.79 Å². The molecule has 0 bridgehead atoms. The van der Waals surface area contributed by atoms with Crippen LogP contribution in [0.4, 0.5) is 0 Å². The van der Waals surface area contributed by atoms with Gasteiger partial charge >= 0.3 is 7.12 Å². The van der Waals surface area contributed by atoms with E-state index in [1.165, 1.54) is 0 Å². The fourth-order valence-corrected chi connectivity index (χ4v) is 2.65. The van der Waals surface area contributed by atoms with Crippen LogP contribution in [-0.2, 0) is 14.0 Å². The van der Waals surface area contributed by atoms with Crippen molar-refractivity contribution in [1.29, 1.82) is 0 Å². The van der Waals surface area contributed by atoms with Gasteiger partial charge in [0.05, 0.1) is 13.2 Å². The molecule has 3 rings (SSSR count). The fourth-order valence-electron chi connectivity index (χ4n) is 2.65. The highest BCUT2D eigenvalue weighted by Gasteiger charge is 2.63. The van der Waals surface area contributed by atoms with E-state index in [-0.39, 0.29) is 6.61 Å². The number of rotatable bonds is 3. The molecular formula is C13H17BO6. The maximum atomic E-state index is 10.1. The van der Waals surface area contributed by atoms with Crippen LogP contribution in [0, 0.1) is 6.92 Å². The van der Waals surface area contributed by atoms with Gasteiger partial charge in [-0.25, -0.2) is 0 Å². The van der Waals surface area contributed by atoms with Crippen molar-refractivity contribution in [1.82, 2.24) is 0 Å². The molecule has 7 heteroatoms. The lowest BCUT2D eigenvalue weighted by Crippen LogP contribution is -2.44. The van der Waals surface area contributed by atoms with Crippen LogP contribution in [0.15, 0.2) is 24.3 Å². The average Bonchev–Trinajstić information content (AvgIpc) is 2.95. The Labute approximate surface area is 117 Å². The summed E-state index contributed by atoms with van der Waals surface area (Å²) in [6.45, 7) is 1.16. The molecule has 4 atom stereocenters. The molecule has 2 fully saturated rings. The summed E-state index contributed by atoms with van der Waals surface area (Å²) in [7, 11) is -0.706. The third-order valence-corrected chi connectivity index (χ3v) is 3.80. The van der Waals surface area contributed by atoms with Crippen LogP contribution in [0.25, 0.3) is 0 Å². The van der Waals surface area contributed by atoms with Crippen molar-refractivity contribution >= 4 is 12.6 Å². The number of hydrogen-bond donors (Lipinski definition) is 3. The summed E-state index contributed by atoms with van der Waals surface area (Å²) in [5.74, 6) is -1.41. The summed E-state index contributed by atoms with van der Waals surface area (Å²) in [5, 5.41) is 28.7. The number of aliphatic hydroxyl groups excluding tert-OH is 3. The Morgan fingerprint density at radius 2 is 1.95 bits per heavy atom. The molecule has 2 heterocycles. The van der Waals surface area contributed by atoms with E-state index in [9.17, 15) is 10.2 Å². The van der Waals surface area contributed by atoms with E-state index in [0.717, 1.165) is 11.0 Å². The van der Waals surface area contributed by atoms with Gasteiger partial charge in [0, 0.05) is 0 Å². The lowest BCUT2D eigenvalue weighted by Gasteiger charge is -2.24. The molecule has 2 saturated heterocycles. The van der Waals surface area contributed by atoms with Gasteiger partial charge in [-0.05, 0) is 12.4 Å². The minimum absolute atomic E-state index is 0.360. The van der Waals surface area contributed by atoms with Gasteiger partial charge in [0.15, 0.2) is 0 Å². The number of ether oxygens (including phenoxy) is 1. The quantitative estimate of drug-likeness (QED) is 0.465. The van der Waals surface area contributed by atoms with Gasteiger partial charge in [0.25, 0.3) is 0 Å². The SMILES string of the molecule is Cc1ccc(B2O[13C@H]3[13C@H](O)[13C@@H]([13CH2]O)O[13C@@]3([13CH2]O)O2)cc1. The van der Waals surface area contributed by atoms with Gasteiger partial charge in [0.1, 0.15) is 18.3 Å². The minimum Gasteiger partial charge on any atom is -0.396 e. The zero-order valence-corrected chi connectivity index (χ0v) is 11.1. The smallest absolute Gasteiger partial charge is 0.396 e. The maximum Gasteiger partial charge on any atom is 0.496 e. The molecule has 0 spiro atoms. The normalized spacial score (nSPS) is 36.4. The topological polar surface area (TPSA) is 88.4 Å². The second-order valence-corrected chi connectivity index (χ2v) is 5.22. The zero-order valence-electron chi connectivity index (χ0n) is 11.1. The standard InChI is InChI=1S/C13H17BO6/c1-8-2-4-9(5-3-8)14-19-12-11(17)10(6-15)18-13(12,7-16)20-14/h2-5,10-12,15-17H,6-7H2,1H3/t10-,11-,12+,13+/m1/s1/i6+1,7+1,10+1,11+1,12+1,13+1. The monoisotopic (exact) mass is 286 g/mol. The van der Waals surface area contributed by atoms with Crippen LogP contribution in [0.3, 0.4) is 0 Å². The second-order valence-electron chi connectivity index (χ2n) is 5.22.